The number of anilines is 1. The molecule has 3 rings (SSSR count). The van der Waals surface area contributed by atoms with Gasteiger partial charge in [0.2, 0.25) is 0 Å². The van der Waals surface area contributed by atoms with Crippen LogP contribution in [-0.4, -0.2) is 18.1 Å². The molecule has 1 N–H and O–H groups in total. The van der Waals surface area contributed by atoms with Gasteiger partial charge in [0.25, 0.3) is 0 Å². The van der Waals surface area contributed by atoms with E-state index in [0.29, 0.717) is 6.04 Å². The highest BCUT2D eigenvalue weighted by Gasteiger charge is 2.16. The summed E-state index contributed by atoms with van der Waals surface area (Å²) in [5.74, 6) is 0.861. The number of fused-ring (bicyclic) bond motifs is 1. The maximum Gasteiger partial charge on any atom is 0.184 e. The first-order chi connectivity index (χ1) is 9.28. The van der Waals surface area contributed by atoms with E-state index in [2.05, 4.69) is 26.2 Å². The van der Waals surface area contributed by atoms with Crippen LogP contribution in [0.25, 0.3) is 10.2 Å². The van der Waals surface area contributed by atoms with E-state index in [9.17, 15) is 0 Å². The second-order valence-electron chi connectivity index (χ2n) is 4.93. The molecule has 5 heteroatoms. The number of rotatable bonds is 3. The average Bonchev–Trinajstić information content (AvgIpc) is 2.84. The largest absolute Gasteiger partial charge is 0.496 e. The van der Waals surface area contributed by atoms with Crippen LogP contribution in [0.15, 0.2) is 16.6 Å². The quantitative estimate of drug-likeness (QED) is 0.870. The topological polar surface area (TPSA) is 34.1 Å². The van der Waals surface area contributed by atoms with Crippen molar-refractivity contribution in [3.8, 4) is 5.75 Å². The molecule has 102 valence electrons. The van der Waals surface area contributed by atoms with Crippen LogP contribution in [0.3, 0.4) is 0 Å². The van der Waals surface area contributed by atoms with Crippen LogP contribution >= 0.6 is 27.3 Å². The molecule has 0 atom stereocenters. The van der Waals surface area contributed by atoms with Crippen LogP contribution in [0, 0.1) is 0 Å². The molecule has 0 unspecified atom stereocenters. The van der Waals surface area contributed by atoms with Crippen LogP contribution in [-0.2, 0) is 0 Å². The molecule has 1 fully saturated rings. The van der Waals surface area contributed by atoms with Crippen LogP contribution < -0.4 is 10.1 Å². The fourth-order valence-electron chi connectivity index (χ4n) is 2.58. The van der Waals surface area contributed by atoms with Gasteiger partial charge in [-0.1, -0.05) is 30.6 Å². The number of halogens is 1. The second kappa shape index (κ2) is 5.67. The number of ether oxygens (including phenoxy) is 1. The van der Waals surface area contributed by atoms with E-state index in [-0.39, 0.29) is 0 Å². The Balaban J connectivity index is 1.86. The molecule has 3 nitrogen and oxygen atoms in total. The lowest BCUT2D eigenvalue weighted by atomic mass is 9.96. The lowest BCUT2D eigenvalue weighted by Crippen LogP contribution is -2.21. The maximum absolute atomic E-state index is 5.32. The third kappa shape index (κ3) is 2.72. The van der Waals surface area contributed by atoms with E-state index in [0.717, 1.165) is 25.6 Å². The number of aromatic nitrogens is 1. The summed E-state index contributed by atoms with van der Waals surface area (Å²) >= 11 is 5.30. The van der Waals surface area contributed by atoms with Gasteiger partial charge in [-0.15, -0.1) is 0 Å². The standard InChI is InChI=1S/C14H17BrN2OS/c1-18-11-8-7-10-13(12(11)15)19-14(17-10)16-9-5-3-2-4-6-9/h7-9H,2-6H2,1H3,(H,16,17). The lowest BCUT2D eigenvalue weighted by molar-refractivity contribution is 0.413. The molecule has 1 aromatic heterocycles. The first-order valence-corrected chi connectivity index (χ1v) is 8.28. The zero-order chi connectivity index (χ0) is 13.2. The van der Waals surface area contributed by atoms with Crippen LogP contribution in [0.2, 0.25) is 0 Å². The van der Waals surface area contributed by atoms with Crippen molar-refractivity contribution in [2.45, 2.75) is 38.1 Å². The Morgan fingerprint density at radius 1 is 1.32 bits per heavy atom. The fraction of sp³-hybridized carbons (Fsp3) is 0.500. The highest BCUT2D eigenvalue weighted by atomic mass is 79.9. The number of nitrogens with zero attached hydrogens (tertiary/aromatic N) is 1. The molecule has 0 amide bonds. The highest BCUT2D eigenvalue weighted by Crippen LogP contribution is 2.38. The van der Waals surface area contributed by atoms with Gasteiger partial charge in [-0.05, 0) is 40.9 Å². The van der Waals surface area contributed by atoms with E-state index < -0.39 is 0 Å². The van der Waals surface area contributed by atoms with Crippen molar-refractivity contribution in [1.29, 1.82) is 0 Å². The van der Waals surface area contributed by atoms with Gasteiger partial charge in [0.1, 0.15) is 5.75 Å². The number of thiazole rings is 1. The fourth-order valence-corrected chi connectivity index (χ4v) is 4.29. The Morgan fingerprint density at radius 3 is 2.84 bits per heavy atom. The summed E-state index contributed by atoms with van der Waals surface area (Å²) in [7, 11) is 1.69. The minimum Gasteiger partial charge on any atom is -0.496 e. The van der Waals surface area contributed by atoms with Gasteiger partial charge in [0.15, 0.2) is 5.13 Å². The molecule has 0 bridgehead atoms. The summed E-state index contributed by atoms with van der Waals surface area (Å²) in [6, 6.07) is 4.56. The van der Waals surface area contributed by atoms with Gasteiger partial charge in [-0.3, -0.25) is 0 Å². The minimum atomic E-state index is 0.593. The smallest absolute Gasteiger partial charge is 0.184 e. The van der Waals surface area contributed by atoms with Gasteiger partial charge >= 0.3 is 0 Å². The summed E-state index contributed by atoms with van der Waals surface area (Å²) in [5, 5.41) is 4.60. The molecule has 1 aromatic carbocycles. The van der Waals surface area contributed by atoms with E-state index in [1.165, 1.54) is 32.1 Å². The van der Waals surface area contributed by atoms with Crippen molar-refractivity contribution in [3.63, 3.8) is 0 Å². The van der Waals surface area contributed by atoms with Gasteiger partial charge in [-0.2, -0.15) is 0 Å². The molecule has 1 heterocycles. The van der Waals surface area contributed by atoms with Crippen LogP contribution in [0.4, 0.5) is 5.13 Å². The van der Waals surface area contributed by atoms with Gasteiger partial charge < -0.3 is 10.1 Å². The average molecular weight is 341 g/mol. The Bertz CT molecular complexity index is 578. The van der Waals surface area contributed by atoms with E-state index >= 15 is 0 Å². The number of hydrogen-bond acceptors (Lipinski definition) is 4. The Hall–Kier alpha value is -0.810. The molecular formula is C14H17BrN2OS. The van der Waals surface area contributed by atoms with Crippen molar-refractivity contribution in [2.75, 3.05) is 12.4 Å². The number of methoxy groups -OCH3 is 1. The van der Waals surface area contributed by atoms with E-state index in [1.807, 2.05) is 12.1 Å². The Labute approximate surface area is 125 Å². The Kier molecular flexibility index (Phi) is 3.93. The first kappa shape index (κ1) is 13.2. The molecular weight excluding hydrogens is 324 g/mol. The lowest BCUT2D eigenvalue weighted by Gasteiger charge is -2.22. The number of benzene rings is 1. The van der Waals surface area contributed by atoms with Crippen LogP contribution in [0.5, 0.6) is 5.75 Å². The molecule has 1 aliphatic rings. The van der Waals surface area contributed by atoms with Gasteiger partial charge in [0.05, 0.1) is 21.8 Å². The predicted octanol–water partition coefficient (Wildman–Crippen LogP) is 4.81. The summed E-state index contributed by atoms with van der Waals surface area (Å²) < 4.78 is 7.48. The van der Waals surface area contributed by atoms with E-state index in [1.54, 1.807) is 18.4 Å². The monoisotopic (exact) mass is 340 g/mol. The third-order valence-corrected chi connectivity index (χ3v) is 5.68. The normalized spacial score (nSPS) is 16.7. The third-order valence-electron chi connectivity index (χ3n) is 3.61. The molecule has 0 radical (unpaired) electrons. The first-order valence-electron chi connectivity index (χ1n) is 6.67. The van der Waals surface area contributed by atoms with E-state index in [4.69, 9.17) is 4.74 Å². The summed E-state index contributed by atoms with van der Waals surface area (Å²) in [6.45, 7) is 0. The minimum absolute atomic E-state index is 0.593. The highest BCUT2D eigenvalue weighted by molar-refractivity contribution is 9.10. The SMILES string of the molecule is COc1ccc2nc(NC3CCCCC3)sc2c1Br. The molecule has 1 aliphatic carbocycles. The van der Waals surface area contributed by atoms with Crippen molar-refractivity contribution < 1.29 is 4.74 Å². The summed E-state index contributed by atoms with van der Waals surface area (Å²) in [4.78, 5) is 4.66. The molecule has 0 spiro atoms. The maximum atomic E-state index is 5.32. The van der Waals surface area contributed by atoms with Crippen molar-refractivity contribution in [3.05, 3.63) is 16.6 Å². The zero-order valence-electron chi connectivity index (χ0n) is 10.9. The molecule has 1 saturated carbocycles. The second-order valence-corrected chi connectivity index (χ2v) is 6.72. The van der Waals surface area contributed by atoms with Crippen LogP contribution in [0.1, 0.15) is 32.1 Å². The zero-order valence-corrected chi connectivity index (χ0v) is 13.3. The molecule has 0 aliphatic heterocycles. The summed E-state index contributed by atoms with van der Waals surface area (Å²) in [6.07, 6.45) is 6.57. The predicted molar refractivity (Wildman–Crippen MR) is 84.4 cm³/mol. The van der Waals surface area contributed by atoms with Crippen molar-refractivity contribution >= 4 is 42.6 Å². The number of hydrogen-bond donors (Lipinski definition) is 1. The van der Waals surface area contributed by atoms with Crippen molar-refractivity contribution in [1.82, 2.24) is 4.98 Å². The molecule has 0 saturated heterocycles. The molecule has 19 heavy (non-hydrogen) atoms. The van der Waals surface area contributed by atoms with Crippen molar-refractivity contribution in [2.24, 2.45) is 0 Å². The summed E-state index contributed by atoms with van der Waals surface area (Å²) in [5.41, 5.74) is 1.02. The number of nitrogens with one attached hydrogen (secondary N) is 1. The van der Waals surface area contributed by atoms with Gasteiger partial charge in [-0.25, -0.2) is 4.98 Å². The van der Waals surface area contributed by atoms with Gasteiger partial charge in [0, 0.05) is 6.04 Å². The molecule has 2 aromatic rings. The Morgan fingerprint density at radius 2 is 2.11 bits per heavy atom.